The van der Waals surface area contributed by atoms with Crippen LogP contribution >= 0.6 is 22.6 Å². The summed E-state index contributed by atoms with van der Waals surface area (Å²) in [5.41, 5.74) is -1.08. The Bertz CT molecular complexity index is 667. The number of esters is 1. The number of nitrogens with zero attached hydrogens (tertiary/aromatic N) is 1. The third-order valence-electron chi connectivity index (χ3n) is 3.30. The maximum atomic E-state index is 11.8. The molecule has 2 rings (SSSR count). The van der Waals surface area contributed by atoms with Crippen LogP contribution in [0.4, 0.5) is 0 Å². The van der Waals surface area contributed by atoms with Gasteiger partial charge in [0.2, 0.25) is 0 Å². The molecule has 1 aromatic heterocycles. The minimum Gasteiger partial charge on any atom is -0.463 e. The number of halogens is 1. The lowest BCUT2D eigenvalue weighted by Crippen LogP contribution is -2.33. The quantitative estimate of drug-likeness (QED) is 0.520. The number of hydrogen-bond acceptors (Lipinski definition) is 6. The molecule has 0 aromatic carbocycles. The second-order valence-electron chi connectivity index (χ2n) is 5.36. The van der Waals surface area contributed by atoms with Crippen LogP contribution in [-0.4, -0.2) is 39.4 Å². The van der Waals surface area contributed by atoms with E-state index in [1.54, 1.807) is 36.4 Å². The molecule has 1 aliphatic rings. The topological polar surface area (TPSA) is 111 Å². The van der Waals surface area contributed by atoms with Crippen molar-refractivity contribution in [2.24, 2.45) is 5.92 Å². The van der Waals surface area contributed by atoms with E-state index in [-0.39, 0.29) is 24.9 Å². The summed E-state index contributed by atoms with van der Waals surface area (Å²) in [5, 5.41) is 9.98. The summed E-state index contributed by atoms with van der Waals surface area (Å²) in [6, 6.07) is 0. The van der Waals surface area contributed by atoms with Crippen LogP contribution < -0.4 is 11.2 Å². The number of aromatic nitrogens is 2. The van der Waals surface area contributed by atoms with Crippen molar-refractivity contribution in [3.8, 4) is 0 Å². The van der Waals surface area contributed by atoms with Crippen LogP contribution in [0.2, 0.25) is 0 Å². The Morgan fingerprint density at radius 3 is 2.91 bits per heavy atom. The van der Waals surface area contributed by atoms with Crippen molar-refractivity contribution in [1.82, 2.24) is 9.55 Å². The molecule has 0 aliphatic carbocycles. The highest BCUT2D eigenvalue weighted by Crippen LogP contribution is 2.28. The Morgan fingerprint density at radius 2 is 2.27 bits per heavy atom. The molecule has 0 unspecified atom stereocenters. The maximum Gasteiger partial charge on any atom is 0.330 e. The van der Waals surface area contributed by atoms with Crippen LogP contribution in [0.15, 0.2) is 15.8 Å². The number of aliphatic hydroxyl groups is 1. The first kappa shape index (κ1) is 17.2. The molecule has 0 spiro atoms. The second-order valence-corrected chi connectivity index (χ2v) is 6.52. The maximum absolute atomic E-state index is 11.8. The van der Waals surface area contributed by atoms with Crippen molar-refractivity contribution in [2.45, 2.75) is 38.7 Å². The van der Waals surface area contributed by atoms with E-state index in [1.165, 1.54) is 10.8 Å². The van der Waals surface area contributed by atoms with E-state index in [9.17, 15) is 19.5 Å². The predicted molar refractivity (Wildman–Crippen MR) is 84.4 cm³/mol. The summed E-state index contributed by atoms with van der Waals surface area (Å²) >= 11 is 1.81. The first-order chi connectivity index (χ1) is 10.3. The lowest BCUT2D eigenvalue weighted by Gasteiger charge is -2.16. The van der Waals surface area contributed by atoms with E-state index in [0.717, 1.165) is 0 Å². The molecule has 9 heteroatoms. The molecule has 1 aliphatic heterocycles. The average molecular weight is 424 g/mol. The number of rotatable bonds is 4. The molecule has 122 valence electrons. The lowest BCUT2D eigenvalue weighted by molar-refractivity contribution is -0.153. The molecule has 0 saturated carbocycles. The van der Waals surface area contributed by atoms with Gasteiger partial charge in [-0.2, -0.15) is 0 Å². The number of hydrogen-bond donors (Lipinski definition) is 2. The molecular weight excluding hydrogens is 407 g/mol. The number of aromatic amines is 1. The van der Waals surface area contributed by atoms with Gasteiger partial charge in [-0.25, -0.2) is 4.79 Å². The van der Waals surface area contributed by atoms with Crippen molar-refractivity contribution < 1.29 is 19.4 Å². The highest BCUT2D eigenvalue weighted by molar-refractivity contribution is 14.1. The normalized spacial score (nSPS) is 24.7. The van der Waals surface area contributed by atoms with Gasteiger partial charge in [0.25, 0.3) is 5.56 Å². The SMILES string of the molecule is CC(C)C(=O)OC[C@H]1O[C@@H](n2cc(I)c(=O)[nH]c2=O)C[C@@H]1O. The fourth-order valence-corrected chi connectivity index (χ4v) is 2.48. The fourth-order valence-electron chi connectivity index (χ4n) is 2.04. The van der Waals surface area contributed by atoms with Gasteiger partial charge in [0.05, 0.1) is 15.6 Å². The molecular formula is C13H17IN2O6. The van der Waals surface area contributed by atoms with Gasteiger partial charge in [0.15, 0.2) is 0 Å². The van der Waals surface area contributed by atoms with E-state index < -0.39 is 29.7 Å². The Morgan fingerprint density at radius 1 is 1.59 bits per heavy atom. The van der Waals surface area contributed by atoms with E-state index in [4.69, 9.17) is 9.47 Å². The molecule has 22 heavy (non-hydrogen) atoms. The molecule has 1 saturated heterocycles. The highest BCUT2D eigenvalue weighted by Gasteiger charge is 2.36. The molecule has 2 N–H and O–H groups in total. The van der Waals surface area contributed by atoms with Crippen molar-refractivity contribution in [2.75, 3.05) is 6.61 Å². The Labute approximate surface area is 139 Å². The first-order valence-electron chi connectivity index (χ1n) is 6.80. The summed E-state index contributed by atoms with van der Waals surface area (Å²) < 4.78 is 12.2. The van der Waals surface area contributed by atoms with Gasteiger partial charge >= 0.3 is 11.7 Å². The first-order valence-corrected chi connectivity index (χ1v) is 7.88. The second kappa shape index (κ2) is 6.92. The zero-order chi connectivity index (χ0) is 16.4. The van der Waals surface area contributed by atoms with Crippen LogP contribution in [0, 0.1) is 9.49 Å². The van der Waals surface area contributed by atoms with Crippen LogP contribution in [0.1, 0.15) is 26.5 Å². The minimum atomic E-state index is -0.860. The lowest BCUT2D eigenvalue weighted by atomic mass is 10.2. The monoisotopic (exact) mass is 424 g/mol. The average Bonchev–Trinajstić information content (AvgIpc) is 2.81. The number of nitrogens with one attached hydrogen (secondary N) is 1. The zero-order valence-electron chi connectivity index (χ0n) is 12.1. The van der Waals surface area contributed by atoms with Gasteiger partial charge in [-0.1, -0.05) is 13.8 Å². The standard InChI is InChI=1S/C13H17IN2O6/c1-6(2)12(19)21-5-9-8(17)3-10(22-9)16-4-7(14)11(18)15-13(16)20/h4,6,8-10,17H,3,5H2,1-2H3,(H,15,18,20)/t8-,9+,10+/m0/s1. The molecule has 3 atom stereocenters. The van der Waals surface area contributed by atoms with Crippen LogP contribution in [0.25, 0.3) is 0 Å². The van der Waals surface area contributed by atoms with Crippen molar-refractivity contribution in [3.63, 3.8) is 0 Å². The van der Waals surface area contributed by atoms with E-state index in [1.807, 2.05) is 0 Å². The largest absolute Gasteiger partial charge is 0.463 e. The summed E-state index contributed by atoms with van der Waals surface area (Å²) in [5.74, 6) is -0.646. The van der Waals surface area contributed by atoms with Crippen LogP contribution in [-0.2, 0) is 14.3 Å². The van der Waals surface area contributed by atoms with E-state index in [2.05, 4.69) is 4.98 Å². The van der Waals surface area contributed by atoms with Gasteiger partial charge in [-0.3, -0.25) is 19.1 Å². The van der Waals surface area contributed by atoms with Crippen molar-refractivity contribution in [1.29, 1.82) is 0 Å². The van der Waals surface area contributed by atoms with Crippen LogP contribution in [0.5, 0.6) is 0 Å². The smallest absolute Gasteiger partial charge is 0.330 e. The number of carbonyl (C=O) groups is 1. The Kier molecular flexibility index (Phi) is 5.40. The van der Waals surface area contributed by atoms with Gasteiger partial charge < -0.3 is 14.6 Å². The number of aliphatic hydroxyl groups excluding tert-OH is 1. The third kappa shape index (κ3) is 3.76. The molecule has 8 nitrogen and oxygen atoms in total. The van der Waals surface area contributed by atoms with Gasteiger partial charge in [-0.15, -0.1) is 0 Å². The van der Waals surface area contributed by atoms with Gasteiger partial charge in [0.1, 0.15) is 18.9 Å². The van der Waals surface area contributed by atoms with Crippen molar-refractivity contribution in [3.05, 3.63) is 30.6 Å². The van der Waals surface area contributed by atoms with Crippen LogP contribution in [0.3, 0.4) is 0 Å². The number of carbonyl (C=O) groups excluding carboxylic acids is 1. The Hall–Kier alpha value is -1.20. The molecule has 1 aromatic rings. The zero-order valence-corrected chi connectivity index (χ0v) is 14.3. The molecule has 1 fully saturated rings. The molecule has 0 bridgehead atoms. The number of ether oxygens (including phenoxy) is 2. The van der Waals surface area contributed by atoms with E-state index >= 15 is 0 Å². The fraction of sp³-hybridized carbons (Fsp3) is 0.615. The van der Waals surface area contributed by atoms with Gasteiger partial charge in [0, 0.05) is 12.6 Å². The third-order valence-corrected chi connectivity index (χ3v) is 4.07. The number of H-pyrrole nitrogens is 1. The van der Waals surface area contributed by atoms with Gasteiger partial charge in [-0.05, 0) is 22.6 Å². The predicted octanol–water partition coefficient (Wildman–Crippen LogP) is -0.0112. The molecule has 0 amide bonds. The summed E-state index contributed by atoms with van der Waals surface area (Å²) in [4.78, 5) is 36.8. The highest BCUT2D eigenvalue weighted by atomic mass is 127. The van der Waals surface area contributed by atoms with Crippen molar-refractivity contribution >= 4 is 28.6 Å². The summed E-state index contributed by atoms with van der Waals surface area (Å²) in [6.07, 6.45) is -0.727. The summed E-state index contributed by atoms with van der Waals surface area (Å²) in [6.45, 7) is 3.33. The minimum absolute atomic E-state index is 0.0795. The Balaban J connectivity index is 2.08. The molecule has 0 radical (unpaired) electrons. The summed E-state index contributed by atoms with van der Waals surface area (Å²) in [7, 11) is 0. The van der Waals surface area contributed by atoms with E-state index in [0.29, 0.717) is 3.57 Å². The molecule has 2 heterocycles.